The van der Waals surface area contributed by atoms with Gasteiger partial charge in [-0.1, -0.05) is 422 Å². The van der Waals surface area contributed by atoms with Crippen molar-refractivity contribution in [3.63, 3.8) is 0 Å². The number of benzene rings is 4. The van der Waals surface area contributed by atoms with Gasteiger partial charge in [0, 0.05) is 0 Å². The molecule has 0 bridgehead atoms. The van der Waals surface area contributed by atoms with Crippen LogP contribution in [0, 0.1) is 0 Å². The highest BCUT2D eigenvalue weighted by molar-refractivity contribution is 7.28. The summed E-state index contributed by atoms with van der Waals surface area (Å²) in [5.74, 6) is 0. The summed E-state index contributed by atoms with van der Waals surface area (Å²) in [6.45, 7) is 139. The van der Waals surface area contributed by atoms with Gasteiger partial charge in [0.1, 0.15) is 7.38 Å². The smallest absolute Gasteiger partial charge is 0.262 e. The first kappa shape index (κ1) is 147. The summed E-state index contributed by atoms with van der Waals surface area (Å²) in [6, 6.07) is 43.4. The molecule has 4 aliphatic rings. The Morgan fingerprint density at radius 2 is 0.483 bits per heavy atom. The quantitative estimate of drug-likeness (QED) is 0.0323. The lowest BCUT2D eigenvalue weighted by molar-refractivity contribution is 0.413. The Bertz CT molecular complexity index is 4330. The van der Waals surface area contributed by atoms with Crippen LogP contribution in [0.5, 0.6) is 0 Å². The number of rotatable bonds is 46. The zero-order chi connectivity index (χ0) is 114. The molecule has 0 saturated heterocycles. The minimum Gasteiger partial charge on any atom is -0.456 e. The van der Waals surface area contributed by atoms with Crippen molar-refractivity contribution in [1.82, 2.24) is 0 Å². The van der Waals surface area contributed by atoms with Gasteiger partial charge in [-0.05, 0) is 166 Å². The fourth-order valence-electron chi connectivity index (χ4n) is 17.1. The van der Waals surface area contributed by atoms with E-state index in [0.717, 1.165) is 33.5 Å². The van der Waals surface area contributed by atoms with E-state index in [9.17, 15) is 0 Å². The molecule has 147 heavy (non-hydrogen) atoms. The van der Waals surface area contributed by atoms with E-state index in [1.807, 2.05) is 131 Å². The first-order valence-corrected chi connectivity index (χ1v) is 105. The molecule has 0 radical (unpaired) electrons. The Balaban J connectivity index is -0.00000160. The van der Waals surface area contributed by atoms with E-state index in [2.05, 4.69) is 390 Å². The number of hydrogen-bond donors (Lipinski definition) is 0. The van der Waals surface area contributed by atoms with Gasteiger partial charge in [-0.2, -0.15) is 44.3 Å². The van der Waals surface area contributed by atoms with Crippen molar-refractivity contribution in [2.45, 2.75) is 321 Å². The lowest BCUT2D eigenvalue weighted by atomic mass is 10.0. The lowest BCUT2D eigenvalue weighted by Gasteiger charge is -2.45. The van der Waals surface area contributed by atoms with Gasteiger partial charge < -0.3 is 28.8 Å². The second kappa shape index (κ2) is 71.2. The minimum absolute atomic E-state index is 0.640. The van der Waals surface area contributed by atoms with Crippen molar-refractivity contribution in [3.05, 3.63) is 391 Å². The summed E-state index contributed by atoms with van der Waals surface area (Å²) in [6.07, 6.45) is 26.9. The van der Waals surface area contributed by atoms with Gasteiger partial charge in [-0.3, -0.25) is 0 Å². The monoisotopic (exact) mass is 2380 g/mol. The Hall–Kier alpha value is -4.06. The number of halogens is 4. The molecule has 6 atom stereocenters. The van der Waals surface area contributed by atoms with E-state index in [4.69, 9.17) is 73.1 Å². The third-order valence-corrected chi connectivity index (χ3v) is 87.9. The molecule has 0 N–H and O–H groups in total. The Kier molecular flexibility index (Phi) is 71.3. The molecule has 7 nitrogen and oxygen atoms in total. The van der Waals surface area contributed by atoms with Crippen LogP contribution in [0.1, 0.15) is 142 Å². The Morgan fingerprint density at radius 1 is 0.238 bits per heavy atom. The molecule has 4 saturated carbocycles. The molecule has 6 unspecified atom stereocenters. The van der Waals surface area contributed by atoms with Crippen molar-refractivity contribution >= 4 is 211 Å². The van der Waals surface area contributed by atoms with Crippen molar-refractivity contribution in [2.75, 3.05) is 0 Å². The second-order valence-corrected chi connectivity index (χ2v) is 124. The molecule has 29 heteroatoms. The lowest BCUT2D eigenvalue weighted by Crippen LogP contribution is -2.60. The van der Waals surface area contributed by atoms with Gasteiger partial charge in [-0.25, -0.2) is 0 Å². The summed E-state index contributed by atoms with van der Waals surface area (Å²) in [7, 11) is -32.3. The van der Waals surface area contributed by atoms with Crippen LogP contribution in [0.15, 0.2) is 391 Å². The van der Waals surface area contributed by atoms with E-state index < -0.39 is 146 Å². The molecule has 0 aliphatic heterocycles. The molecule has 4 aromatic carbocycles. The average Bonchev–Trinajstić information content (AvgIpc) is 0.770. The van der Waals surface area contributed by atoms with Crippen molar-refractivity contribution < 1.29 is 28.8 Å². The van der Waals surface area contributed by atoms with Crippen LogP contribution in [0.25, 0.3) is 0 Å². The Labute approximate surface area is 942 Å². The summed E-state index contributed by atoms with van der Waals surface area (Å²) in [4.78, 5) is 0. The van der Waals surface area contributed by atoms with Crippen LogP contribution in [-0.4, -0.2) is 146 Å². The minimum atomic E-state index is -2.53. The predicted molar refractivity (Wildman–Crippen MR) is 721 cm³/mol. The molecule has 4 aliphatic carbocycles. The molecule has 0 spiro atoms. The van der Waals surface area contributed by atoms with Crippen LogP contribution in [0.2, 0.25) is 178 Å². The van der Waals surface area contributed by atoms with E-state index in [-0.39, 0.29) is 0 Å². The predicted octanol–water partition coefficient (Wildman–Crippen LogP) is 37.8. The first-order valence-electron chi connectivity index (χ1n) is 53.1. The van der Waals surface area contributed by atoms with Gasteiger partial charge in [0.15, 0.2) is 48.0 Å². The molecule has 0 heterocycles. The maximum Gasteiger partial charge on any atom is 0.262 e. The van der Waals surface area contributed by atoms with E-state index in [0.29, 0.717) is 11.1 Å². The molecular formula is C118H206Cl4O7Si18. The summed E-state index contributed by atoms with van der Waals surface area (Å²) in [5.41, 5.74) is 46.2. The SMILES string of the molecule is C=C[Si](C)(C)Cl.C=C[Si](C)(C)O[Si](C)(C)C=C.C=C[Si](C)(CC)O[Si](C)(C=C)CC.C=C[Si](C)(Cl)C=C.C=C[Si](C)(O[Si](C)(C=C)C1CCCCC1)C1CCCCC1.C=C[Si](C)(O[Si](C)(C=C)c1ccccc1)c1ccccc1.C=C[Si](C=C)(O[Si](C=C)(C=C)C1CCCCC1)C1CCCCC1.C=C[Si](C=C)(O[Si](C=C)(C=C)c1ccccc1)c1ccccc1.C=C[Si](Cl)(C=C)C=C.C[Si](C)(C)Cl.C[Si](C)(C)O[Si](C)(C)C. The van der Waals surface area contributed by atoms with E-state index in [1.54, 1.807) is 28.5 Å². The molecule has 8 rings (SSSR count). The molecule has 0 aromatic heterocycles. The highest BCUT2D eigenvalue weighted by atomic mass is 35.6. The van der Waals surface area contributed by atoms with Crippen molar-refractivity contribution in [2.24, 2.45) is 0 Å². The van der Waals surface area contributed by atoms with Gasteiger partial charge in [0.05, 0.1) is 0 Å². The molecule has 0 amide bonds. The largest absolute Gasteiger partial charge is 0.456 e. The van der Waals surface area contributed by atoms with Crippen LogP contribution < -0.4 is 20.7 Å². The van der Waals surface area contributed by atoms with Gasteiger partial charge >= 0.3 is 0 Å². The van der Waals surface area contributed by atoms with E-state index >= 15 is 0 Å². The van der Waals surface area contributed by atoms with Gasteiger partial charge in [-0.15, -0.1) is 145 Å². The fourth-order valence-corrected chi connectivity index (χ4v) is 71.3. The fraction of sp³-hybridized carbons (Fsp3) is 0.424. The van der Waals surface area contributed by atoms with E-state index in [1.165, 1.54) is 139 Å². The van der Waals surface area contributed by atoms with Gasteiger partial charge in [0.25, 0.3) is 16.6 Å². The van der Waals surface area contributed by atoms with Crippen LogP contribution in [-0.2, 0) is 28.8 Å². The molecule has 4 aromatic rings. The third-order valence-electron chi connectivity index (χ3n) is 27.2. The zero-order valence-electron chi connectivity index (χ0n) is 97.0. The van der Waals surface area contributed by atoms with Gasteiger partial charge in [0.2, 0.25) is 73.9 Å². The second-order valence-electron chi connectivity index (χ2n) is 44.3. The van der Waals surface area contributed by atoms with Crippen LogP contribution in [0.3, 0.4) is 0 Å². The molecule has 820 valence electrons. The topological polar surface area (TPSA) is 64.6 Å². The maximum atomic E-state index is 7.11. The highest BCUT2D eigenvalue weighted by Crippen LogP contribution is 2.48. The summed E-state index contributed by atoms with van der Waals surface area (Å²) < 4.78 is 45.8. The van der Waals surface area contributed by atoms with Crippen molar-refractivity contribution in [1.29, 1.82) is 0 Å². The van der Waals surface area contributed by atoms with Crippen LogP contribution >= 0.6 is 44.3 Å². The average molecular weight is 2380 g/mol. The normalized spacial score (nSPS) is 17.0. The Morgan fingerprint density at radius 3 is 0.646 bits per heavy atom. The standard InChI is InChI=1S/C20H34OSi2.C20H22OSi2.C18H34OSi2.C18H22OSi2.C10H22OSi2.C8H18OSi2.C6H9ClSi.C6H18OSi2.C5H9ClSi.C4H9ClSi.C3H9ClSi/c2*1-5-22(6-2,19-15-11-9-12-16-19)21-23(7-3,8-4)20-17-13-10-14-18-20;2*1-5-20(3,17-13-9-7-10-14-17)19-21(4,6-2)18-15-11-8-12-16-18;1-7-12(5,8-2)11-13(6,9-3)10-4;1-7-10(3,4)9-11(5,6)8-2;1-4-8(7,5-2)6-3;1-8(2,3)7-9(4,5)6;1-4-7(3,6)5-2;1-4-6(2,3)5;1-5(2,3)4/h5-8,19-20H,1-4,9-18H2;5-18H,1-4H2;5-6,17-18H,1-2,7-16H2,3-4H3;5-16H,1-2H2,3-4H3;7,9H,1,3,8,10H2,2,4-6H3;7-8H,1-2H2,3-6H3;4-6H,1-3H2;1-6H3;4-5H,1-2H2,3H3;4H,1H2,2-3H3;1-3H3. The summed E-state index contributed by atoms with van der Waals surface area (Å²) >= 11 is 23.1. The zero-order valence-corrected chi connectivity index (χ0v) is 118. The molecular weight excluding hydrogens is 2180 g/mol. The summed E-state index contributed by atoms with van der Waals surface area (Å²) in [5, 5.41) is 4.75. The number of hydrogen-bond acceptors (Lipinski definition) is 7. The highest BCUT2D eigenvalue weighted by Gasteiger charge is 2.50. The maximum absolute atomic E-state index is 7.11. The van der Waals surface area contributed by atoms with Crippen LogP contribution in [0.4, 0.5) is 0 Å². The molecule has 4 fully saturated rings. The third kappa shape index (κ3) is 56.4. The first-order chi connectivity index (χ1) is 68.2. The van der Waals surface area contributed by atoms with Crippen molar-refractivity contribution in [3.8, 4) is 0 Å².